The van der Waals surface area contributed by atoms with Crippen LogP contribution >= 0.6 is 0 Å². The van der Waals surface area contributed by atoms with E-state index >= 15 is 0 Å². The molecule has 0 unspecified atom stereocenters. The summed E-state index contributed by atoms with van der Waals surface area (Å²) >= 11 is 0. The minimum absolute atomic E-state index is 0.134. The van der Waals surface area contributed by atoms with Gasteiger partial charge in [-0.05, 0) is 95.2 Å². The van der Waals surface area contributed by atoms with Gasteiger partial charge in [0.05, 0.1) is 6.10 Å². The molecule has 0 radical (unpaired) electrons. The third-order valence-electron chi connectivity index (χ3n) is 6.58. The average molecular weight is 397 g/mol. The largest absolute Gasteiger partial charge is 0.390 e. The van der Waals surface area contributed by atoms with Crippen LogP contribution in [0.15, 0.2) is 0 Å². The second-order valence-corrected chi connectivity index (χ2v) is 12.4. The van der Waals surface area contributed by atoms with Gasteiger partial charge in [0.2, 0.25) is 0 Å². The van der Waals surface area contributed by atoms with Crippen LogP contribution in [0.3, 0.4) is 0 Å². The summed E-state index contributed by atoms with van der Waals surface area (Å²) in [7, 11) is 4.37. The number of aliphatic hydroxyl groups excluding tert-OH is 1. The second kappa shape index (κ2) is 8.14. The molecule has 2 saturated heterocycles. The lowest BCUT2D eigenvalue weighted by Gasteiger charge is -2.50. The fourth-order valence-electron chi connectivity index (χ4n) is 6.18. The van der Waals surface area contributed by atoms with Gasteiger partial charge in [-0.15, -0.1) is 0 Å². The van der Waals surface area contributed by atoms with Crippen molar-refractivity contribution in [3.8, 4) is 0 Å². The molecule has 3 N–H and O–H groups in total. The molecule has 2 aliphatic rings. The van der Waals surface area contributed by atoms with Crippen LogP contribution in [0, 0.1) is 0 Å². The van der Waals surface area contributed by atoms with Gasteiger partial charge in [-0.1, -0.05) is 0 Å². The van der Waals surface area contributed by atoms with Gasteiger partial charge < -0.3 is 25.5 Å². The molecule has 0 aromatic heterocycles. The number of aliphatic hydroxyl groups is 1. The molecule has 2 rings (SSSR count). The van der Waals surface area contributed by atoms with Crippen molar-refractivity contribution in [1.29, 1.82) is 0 Å². The monoisotopic (exact) mass is 396 g/mol. The lowest BCUT2D eigenvalue weighted by atomic mass is 9.79. The molecule has 0 aliphatic carbocycles. The predicted octanol–water partition coefficient (Wildman–Crippen LogP) is 2.83. The zero-order chi connectivity index (χ0) is 21.5. The van der Waals surface area contributed by atoms with E-state index in [4.69, 9.17) is 0 Å². The Balaban J connectivity index is 1.91. The summed E-state index contributed by atoms with van der Waals surface area (Å²) in [5.74, 6) is 0. The van der Waals surface area contributed by atoms with Crippen molar-refractivity contribution >= 4 is 0 Å². The first kappa shape index (κ1) is 24.1. The lowest BCUT2D eigenvalue weighted by molar-refractivity contribution is 0.0165. The Kier molecular flexibility index (Phi) is 7.00. The zero-order valence-electron chi connectivity index (χ0n) is 20.3. The third-order valence-corrected chi connectivity index (χ3v) is 6.58. The van der Waals surface area contributed by atoms with Crippen molar-refractivity contribution in [2.24, 2.45) is 0 Å². The smallest absolute Gasteiger partial charge is 0.0793 e. The molecule has 0 spiro atoms. The zero-order valence-corrected chi connectivity index (χ0v) is 20.3. The van der Waals surface area contributed by atoms with E-state index in [2.05, 4.69) is 89.9 Å². The Bertz CT molecular complexity index is 451. The molecule has 28 heavy (non-hydrogen) atoms. The van der Waals surface area contributed by atoms with Crippen LogP contribution in [-0.4, -0.2) is 82.4 Å². The third kappa shape index (κ3) is 6.94. The topological polar surface area (TPSA) is 50.8 Å². The van der Waals surface area contributed by atoms with Crippen molar-refractivity contribution in [3.05, 3.63) is 0 Å². The van der Waals surface area contributed by atoms with Crippen LogP contribution in [0.5, 0.6) is 0 Å². The Labute approximate surface area is 174 Å². The highest BCUT2D eigenvalue weighted by molar-refractivity contribution is 5.01. The maximum Gasteiger partial charge on any atom is 0.0793 e. The molecule has 0 saturated carbocycles. The van der Waals surface area contributed by atoms with E-state index in [0.29, 0.717) is 12.1 Å². The maximum absolute atomic E-state index is 10.9. The molecule has 5 heteroatoms. The summed E-state index contributed by atoms with van der Waals surface area (Å²) < 4.78 is 0. The number of hydrogen-bond acceptors (Lipinski definition) is 5. The standard InChI is InChI=1S/C23H48N4O/c1-20(2)11-17(12-21(3,4)24-20)26(9)15-19(28)16-27(10)18-13-22(5,6)25-23(7,8)14-18/h17-19,24-25,28H,11-16H2,1-10H3. The van der Waals surface area contributed by atoms with Crippen LogP contribution < -0.4 is 10.6 Å². The van der Waals surface area contributed by atoms with Crippen LogP contribution in [0.1, 0.15) is 81.1 Å². The molecular weight excluding hydrogens is 348 g/mol. The molecule has 0 aromatic carbocycles. The summed E-state index contributed by atoms with van der Waals surface area (Å²) in [5.41, 5.74) is 0.534. The molecule has 0 amide bonds. The fraction of sp³-hybridized carbons (Fsp3) is 1.00. The minimum atomic E-state index is -0.322. The Morgan fingerprint density at radius 3 is 1.18 bits per heavy atom. The molecule has 5 nitrogen and oxygen atoms in total. The van der Waals surface area contributed by atoms with E-state index in [0.717, 1.165) is 38.8 Å². The van der Waals surface area contributed by atoms with Gasteiger partial charge in [-0.3, -0.25) is 0 Å². The number of hydrogen-bond donors (Lipinski definition) is 3. The van der Waals surface area contributed by atoms with Crippen LogP contribution in [0.25, 0.3) is 0 Å². The van der Waals surface area contributed by atoms with E-state index in [9.17, 15) is 5.11 Å². The highest BCUT2D eigenvalue weighted by atomic mass is 16.3. The molecule has 0 bridgehead atoms. The van der Waals surface area contributed by atoms with Crippen molar-refractivity contribution in [1.82, 2.24) is 20.4 Å². The fourth-order valence-corrected chi connectivity index (χ4v) is 6.18. The van der Waals surface area contributed by atoms with Crippen molar-refractivity contribution in [3.63, 3.8) is 0 Å². The first-order valence-electron chi connectivity index (χ1n) is 11.2. The summed E-state index contributed by atoms with van der Waals surface area (Å²) in [6, 6.07) is 1.01. The molecule has 2 heterocycles. The molecular formula is C23H48N4O. The lowest BCUT2D eigenvalue weighted by Crippen LogP contribution is -2.63. The Hall–Kier alpha value is -0.200. The molecule has 2 aliphatic heterocycles. The first-order valence-corrected chi connectivity index (χ1v) is 11.2. The van der Waals surface area contributed by atoms with Crippen LogP contribution in [-0.2, 0) is 0 Å². The normalized spacial score (nSPS) is 27.6. The highest BCUT2D eigenvalue weighted by Gasteiger charge is 2.41. The van der Waals surface area contributed by atoms with E-state index < -0.39 is 0 Å². The van der Waals surface area contributed by atoms with Crippen molar-refractivity contribution < 1.29 is 5.11 Å². The number of nitrogens with zero attached hydrogens (tertiary/aromatic N) is 2. The van der Waals surface area contributed by atoms with E-state index in [1.807, 2.05) is 0 Å². The number of rotatable bonds is 6. The van der Waals surface area contributed by atoms with Gasteiger partial charge >= 0.3 is 0 Å². The van der Waals surface area contributed by atoms with Gasteiger partial charge in [-0.2, -0.15) is 0 Å². The molecule has 166 valence electrons. The second-order valence-electron chi connectivity index (χ2n) is 12.4. The van der Waals surface area contributed by atoms with Gasteiger partial charge in [0, 0.05) is 47.3 Å². The SMILES string of the molecule is CN(CC(O)CN(C)C1CC(C)(C)NC(C)(C)C1)C1CC(C)(C)NC(C)(C)C1. The first-order chi connectivity index (χ1) is 12.5. The maximum atomic E-state index is 10.9. The molecule has 0 aromatic rings. The number of piperidine rings is 2. The Morgan fingerprint density at radius 1 is 0.679 bits per heavy atom. The summed E-state index contributed by atoms with van der Waals surface area (Å²) in [4.78, 5) is 4.78. The summed E-state index contributed by atoms with van der Waals surface area (Å²) in [6.45, 7) is 19.8. The van der Waals surface area contributed by atoms with Gasteiger partial charge in [0.15, 0.2) is 0 Å². The van der Waals surface area contributed by atoms with E-state index in [1.54, 1.807) is 0 Å². The minimum Gasteiger partial charge on any atom is -0.390 e. The summed E-state index contributed by atoms with van der Waals surface area (Å²) in [6.07, 6.45) is 4.15. The van der Waals surface area contributed by atoms with Crippen LogP contribution in [0.2, 0.25) is 0 Å². The quantitative estimate of drug-likeness (QED) is 0.645. The Morgan fingerprint density at radius 2 is 0.929 bits per heavy atom. The summed E-state index contributed by atoms with van der Waals surface area (Å²) in [5, 5.41) is 18.4. The van der Waals surface area contributed by atoms with E-state index in [-0.39, 0.29) is 28.3 Å². The van der Waals surface area contributed by atoms with Gasteiger partial charge in [0.25, 0.3) is 0 Å². The average Bonchev–Trinajstić information content (AvgIpc) is 2.40. The van der Waals surface area contributed by atoms with E-state index in [1.165, 1.54) is 0 Å². The van der Waals surface area contributed by atoms with Crippen LogP contribution in [0.4, 0.5) is 0 Å². The van der Waals surface area contributed by atoms with Gasteiger partial charge in [0.1, 0.15) is 0 Å². The van der Waals surface area contributed by atoms with Crippen molar-refractivity contribution in [2.75, 3.05) is 27.2 Å². The highest BCUT2D eigenvalue weighted by Crippen LogP contribution is 2.32. The van der Waals surface area contributed by atoms with Crippen molar-refractivity contribution in [2.45, 2.75) is 121 Å². The van der Waals surface area contributed by atoms with Gasteiger partial charge in [-0.25, -0.2) is 0 Å². The molecule has 0 atom stereocenters. The predicted molar refractivity (Wildman–Crippen MR) is 120 cm³/mol. The number of nitrogens with one attached hydrogen (secondary N) is 2. The molecule has 2 fully saturated rings. The number of likely N-dealkylation sites (N-methyl/N-ethyl adjacent to an activating group) is 2.